The van der Waals surface area contributed by atoms with Crippen molar-refractivity contribution >= 4 is 17.8 Å². The van der Waals surface area contributed by atoms with Gasteiger partial charge in [0.2, 0.25) is 0 Å². The quantitative estimate of drug-likeness (QED) is 0.644. The number of benzene rings is 2. The van der Waals surface area contributed by atoms with Crippen molar-refractivity contribution in [3.05, 3.63) is 65.7 Å². The molecule has 0 saturated carbocycles. The molecule has 0 aliphatic heterocycles. The van der Waals surface area contributed by atoms with Gasteiger partial charge in [-0.15, -0.1) is 0 Å². The van der Waals surface area contributed by atoms with E-state index in [2.05, 4.69) is 5.32 Å². The highest BCUT2D eigenvalue weighted by Crippen LogP contribution is 2.08. The maximum atomic E-state index is 11.8. The molecule has 2 aromatic rings. The first-order valence-electron chi connectivity index (χ1n) is 5.67. The van der Waals surface area contributed by atoms with Crippen LogP contribution in [-0.4, -0.2) is 18.6 Å². The predicted octanol–water partition coefficient (Wildman–Crippen LogP) is 2.79. The van der Waals surface area contributed by atoms with Crippen LogP contribution in [-0.2, 0) is 0 Å². The fourth-order valence-corrected chi connectivity index (χ4v) is 1.59. The molecule has 90 valence electrons. The lowest BCUT2D eigenvalue weighted by molar-refractivity contribution is 0.101. The van der Waals surface area contributed by atoms with Gasteiger partial charge in [0.1, 0.15) is 6.29 Å². The van der Waals surface area contributed by atoms with Gasteiger partial charge in [0, 0.05) is 16.8 Å². The van der Waals surface area contributed by atoms with E-state index in [-0.39, 0.29) is 12.3 Å². The molecule has 2 aromatic carbocycles. The average Bonchev–Trinajstić information content (AvgIpc) is 2.46. The lowest BCUT2D eigenvalue weighted by Crippen LogP contribution is -2.13. The van der Waals surface area contributed by atoms with Crippen LogP contribution in [0.3, 0.4) is 0 Å². The summed E-state index contributed by atoms with van der Waals surface area (Å²) in [5.41, 5.74) is 2.13. The Bertz CT molecular complexity index is 532. The molecule has 0 aromatic heterocycles. The molecule has 0 heterocycles. The number of carbonyl (C=O) groups is 2. The number of hydrogen-bond donors (Lipinski definition) is 1. The van der Waals surface area contributed by atoms with E-state index in [0.717, 1.165) is 12.0 Å². The van der Waals surface area contributed by atoms with Crippen LogP contribution in [0.15, 0.2) is 54.6 Å². The molecule has 0 atom stereocenters. The fraction of sp³-hybridized carbons (Fsp3) is 0.0667. The molecule has 3 nitrogen and oxygen atoms in total. The molecule has 0 radical (unpaired) electrons. The van der Waals surface area contributed by atoms with E-state index in [1.165, 1.54) is 0 Å². The monoisotopic (exact) mass is 239 g/mol. The minimum atomic E-state index is 0.0371. The number of rotatable bonds is 5. The Kier molecular flexibility index (Phi) is 3.86. The summed E-state index contributed by atoms with van der Waals surface area (Å²) in [7, 11) is 0. The first-order valence-corrected chi connectivity index (χ1v) is 5.67. The Morgan fingerprint density at radius 2 is 1.67 bits per heavy atom. The summed E-state index contributed by atoms with van der Waals surface area (Å²) < 4.78 is 0. The van der Waals surface area contributed by atoms with Gasteiger partial charge >= 0.3 is 0 Å². The summed E-state index contributed by atoms with van der Waals surface area (Å²) in [4.78, 5) is 22.3. The summed E-state index contributed by atoms with van der Waals surface area (Å²) in [6.07, 6.45) is 0.791. The van der Waals surface area contributed by atoms with Crippen LogP contribution in [0.4, 0.5) is 5.69 Å². The van der Waals surface area contributed by atoms with Crippen molar-refractivity contribution < 1.29 is 9.59 Å². The molecule has 0 aliphatic rings. The lowest BCUT2D eigenvalue weighted by Gasteiger charge is -2.05. The van der Waals surface area contributed by atoms with Gasteiger partial charge in [-0.3, -0.25) is 9.59 Å². The summed E-state index contributed by atoms with van der Waals surface area (Å²) in [6.45, 7) is 0.241. The van der Waals surface area contributed by atoms with E-state index in [4.69, 9.17) is 0 Å². The Morgan fingerprint density at radius 3 is 2.28 bits per heavy atom. The van der Waals surface area contributed by atoms with Gasteiger partial charge in [0.05, 0.1) is 6.54 Å². The van der Waals surface area contributed by atoms with Crippen molar-refractivity contribution in [2.45, 2.75) is 0 Å². The zero-order valence-electron chi connectivity index (χ0n) is 9.80. The topological polar surface area (TPSA) is 46.2 Å². The maximum Gasteiger partial charge on any atom is 0.181 e. The summed E-state index contributed by atoms with van der Waals surface area (Å²) in [5, 5.41) is 3.03. The van der Waals surface area contributed by atoms with Crippen molar-refractivity contribution in [1.82, 2.24) is 0 Å². The minimum Gasteiger partial charge on any atom is -0.378 e. The Hall–Kier alpha value is -2.42. The van der Waals surface area contributed by atoms with E-state index < -0.39 is 0 Å². The molecule has 0 fully saturated rings. The van der Waals surface area contributed by atoms with Gasteiger partial charge < -0.3 is 5.32 Å². The molecule has 0 unspecified atom stereocenters. The van der Waals surface area contributed by atoms with Crippen LogP contribution in [0.25, 0.3) is 0 Å². The highest BCUT2D eigenvalue weighted by atomic mass is 16.1. The van der Waals surface area contributed by atoms with Crippen molar-refractivity contribution in [1.29, 1.82) is 0 Å². The first-order chi connectivity index (χ1) is 8.79. The van der Waals surface area contributed by atoms with Crippen molar-refractivity contribution in [3.8, 4) is 0 Å². The Balaban J connectivity index is 1.95. The highest BCUT2D eigenvalue weighted by molar-refractivity contribution is 5.98. The molecule has 18 heavy (non-hydrogen) atoms. The molecule has 1 N–H and O–H groups in total. The van der Waals surface area contributed by atoms with Gasteiger partial charge in [-0.25, -0.2) is 0 Å². The zero-order chi connectivity index (χ0) is 12.8. The molecular weight excluding hydrogens is 226 g/mol. The molecular formula is C15H13NO2. The predicted molar refractivity (Wildman–Crippen MR) is 71.1 cm³/mol. The average molecular weight is 239 g/mol. The third-order valence-electron chi connectivity index (χ3n) is 2.60. The second kappa shape index (κ2) is 5.77. The fourth-order valence-electron chi connectivity index (χ4n) is 1.59. The van der Waals surface area contributed by atoms with E-state index in [9.17, 15) is 9.59 Å². The van der Waals surface area contributed by atoms with Gasteiger partial charge in [0.25, 0.3) is 0 Å². The Morgan fingerprint density at radius 1 is 1.00 bits per heavy atom. The maximum absolute atomic E-state index is 11.8. The molecule has 0 saturated heterocycles. The third kappa shape index (κ3) is 3.04. The van der Waals surface area contributed by atoms with E-state index in [1.807, 2.05) is 18.2 Å². The highest BCUT2D eigenvalue weighted by Gasteiger charge is 2.04. The molecule has 0 bridgehead atoms. The first kappa shape index (κ1) is 12.0. The van der Waals surface area contributed by atoms with E-state index >= 15 is 0 Å². The SMILES string of the molecule is O=Cc1ccc(NCC(=O)c2ccccc2)cc1. The molecule has 2 rings (SSSR count). The zero-order valence-corrected chi connectivity index (χ0v) is 9.80. The van der Waals surface area contributed by atoms with Crippen LogP contribution in [0.2, 0.25) is 0 Å². The van der Waals surface area contributed by atoms with E-state index in [0.29, 0.717) is 11.1 Å². The second-order valence-electron chi connectivity index (χ2n) is 3.88. The summed E-state index contributed by atoms with van der Waals surface area (Å²) in [6, 6.07) is 16.1. The number of hydrogen-bond acceptors (Lipinski definition) is 3. The molecule has 0 aliphatic carbocycles. The smallest absolute Gasteiger partial charge is 0.181 e. The summed E-state index contributed by atoms with van der Waals surface area (Å²) >= 11 is 0. The number of carbonyl (C=O) groups excluding carboxylic acids is 2. The van der Waals surface area contributed by atoms with Crippen LogP contribution < -0.4 is 5.32 Å². The van der Waals surface area contributed by atoms with Crippen LogP contribution in [0.5, 0.6) is 0 Å². The minimum absolute atomic E-state index is 0.0371. The lowest BCUT2D eigenvalue weighted by atomic mass is 10.1. The number of anilines is 1. The molecule has 3 heteroatoms. The second-order valence-corrected chi connectivity index (χ2v) is 3.88. The Labute approximate surface area is 105 Å². The third-order valence-corrected chi connectivity index (χ3v) is 2.60. The van der Waals surface area contributed by atoms with E-state index in [1.54, 1.807) is 36.4 Å². The van der Waals surface area contributed by atoms with Gasteiger partial charge in [-0.05, 0) is 24.3 Å². The molecule has 0 spiro atoms. The summed E-state index contributed by atoms with van der Waals surface area (Å²) in [5.74, 6) is 0.0371. The van der Waals surface area contributed by atoms with Crippen molar-refractivity contribution in [2.75, 3.05) is 11.9 Å². The van der Waals surface area contributed by atoms with Gasteiger partial charge in [-0.2, -0.15) is 0 Å². The standard InChI is InChI=1S/C15H13NO2/c17-11-12-6-8-14(9-7-12)16-10-15(18)13-4-2-1-3-5-13/h1-9,11,16H,10H2. The van der Waals surface area contributed by atoms with Crippen LogP contribution in [0, 0.1) is 0 Å². The number of nitrogens with one attached hydrogen (secondary N) is 1. The number of ketones is 1. The number of Topliss-reactive ketones (excluding diaryl/α,β-unsaturated/α-hetero) is 1. The van der Waals surface area contributed by atoms with Gasteiger partial charge in [0.15, 0.2) is 5.78 Å². The van der Waals surface area contributed by atoms with Crippen molar-refractivity contribution in [3.63, 3.8) is 0 Å². The number of aldehydes is 1. The van der Waals surface area contributed by atoms with Crippen molar-refractivity contribution in [2.24, 2.45) is 0 Å². The van der Waals surface area contributed by atoms with Gasteiger partial charge in [-0.1, -0.05) is 30.3 Å². The largest absolute Gasteiger partial charge is 0.378 e. The molecule has 0 amide bonds. The van der Waals surface area contributed by atoms with Crippen LogP contribution in [0.1, 0.15) is 20.7 Å². The normalized spacial score (nSPS) is 9.78. The van der Waals surface area contributed by atoms with Crippen LogP contribution >= 0.6 is 0 Å².